The monoisotopic (exact) mass is 268 g/mol. The number of benzene rings is 1. The van der Waals surface area contributed by atoms with Crippen LogP contribution >= 0.6 is 11.3 Å². The van der Waals surface area contributed by atoms with E-state index >= 15 is 0 Å². The third kappa shape index (κ3) is 2.42. The lowest BCUT2D eigenvalue weighted by molar-refractivity contribution is 0.502. The zero-order chi connectivity index (χ0) is 13.1. The molecule has 96 valence electrons. The average molecular weight is 268 g/mol. The Kier molecular flexibility index (Phi) is 4.04. The van der Waals surface area contributed by atoms with Crippen LogP contribution in [0.25, 0.3) is 0 Å². The maximum absolute atomic E-state index is 14.1. The summed E-state index contributed by atoms with van der Waals surface area (Å²) in [5.74, 6) is -1.05. The minimum absolute atomic E-state index is 0.0442. The summed E-state index contributed by atoms with van der Waals surface area (Å²) in [5, 5.41) is 4.87. The van der Waals surface area contributed by atoms with E-state index in [1.165, 1.54) is 23.5 Å². The van der Waals surface area contributed by atoms with Gasteiger partial charge in [0.05, 0.1) is 17.2 Å². The standard InChI is InChI=1S/C13H14F2N2S/c1-3-16-13(10-6-18-7-17-10)11-9(14)5-4-8(2)12(11)15/h4-7,13,16H,3H2,1-2H3. The maximum atomic E-state index is 14.1. The molecule has 1 heterocycles. The van der Waals surface area contributed by atoms with Crippen LogP contribution in [0, 0.1) is 18.6 Å². The Labute approximate surface area is 109 Å². The van der Waals surface area contributed by atoms with Gasteiger partial charge in [0.2, 0.25) is 0 Å². The van der Waals surface area contributed by atoms with Crippen molar-refractivity contribution < 1.29 is 8.78 Å². The Bertz CT molecular complexity index is 526. The van der Waals surface area contributed by atoms with Crippen LogP contribution in [0.4, 0.5) is 8.78 Å². The smallest absolute Gasteiger partial charge is 0.134 e. The maximum Gasteiger partial charge on any atom is 0.134 e. The highest BCUT2D eigenvalue weighted by Crippen LogP contribution is 2.28. The summed E-state index contributed by atoms with van der Waals surface area (Å²) in [5.41, 5.74) is 2.78. The largest absolute Gasteiger partial charge is 0.305 e. The van der Waals surface area contributed by atoms with E-state index in [2.05, 4.69) is 10.3 Å². The number of hydrogen-bond donors (Lipinski definition) is 1. The summed E-state index contributed by atoms with van der Waals surface area (Å²) in [7, 11) is 0. The molecule has 0 saturated heterocycles. The molecule has 18 heavy (non-hydrogen) atoms. The van der Waals surface area contributed by atoms with Crippen LogP contribution < -0.4 is 5.32 Å². The molecule has 0 spiro atoms. The topological polar surface area (TPSA) is 24.9 Å². The molecule has 2 nitrogen and oxygen atoms in total. The molecule has 1 N–H and O–H groups in total. The van der Waals surface area contributed by atoms with E-state index in [4.69, 9.17) is 0 Å². The molecule has 0 aliphatic rings. The first kappa shape index (κ1) is 13.1. The predicted molar refractivity (Wildman–Crippen MR) is 68.7 cm³/mol. The minimum Gasteiger partial charge on any atom is -0.305 e. The molecule has 0 radical (unpaired) electrons. The van der Waals surface area contributed by atoms with Crippen LogP contribution in [0.5, 0.6) is 0 Å². The molecule has 0 aliphatic heterocycles. The van der Waals surface area contributed by atoms with Crippen molar-refractivity contribution in [1.82, 2.24) is 10.3 Å². The summed E-state index contributed by atoms with van der Waals surface area (Å²) >= 11 is 1.41. The van der Waals surface area contributed by atoms with Crippen LogP contribution in [0.2, 0.25) is 0 Å². The Morgan fingerprint density at radius 2 is 2.17 bits per heavy atom. The van der Waals surface area contributed by atoms with Gasteiger partial charge in [-0.15, -0.1) is 11.3 Å². The fraction of sp³-hybridized carbons (Fsp3) is 0.308. The lowest BCUT2D eigenvalue weighted by atomic mass is 10.0. The average Bonchev–Trinajstić information content (AvgIpc) is 2.87. The second-order valence-electron chi connectivity index (χ2n) is 4.00. The van der Waals surface area contributed by atoms with Crippen LogP contribution in [-0.4, -0.2) is 11.5 Å². The summed E-state index contributed by atoms with van der Waals surface area (Å²) in [6, 6.07) is 2.20. The van der Waals surface area contributed by atoms with Crippen molar-refractivity contribution in [2.75, 3.05) is 6.54 Å². The van der Waals surface area contributed by atoms with Crippen LogP contribution in [0.1, 0.15) is 29.8 Å². The third-order valence-corrected chi connectivity index (χ3v) is 3.37. The molecule has 2 rings (SSSR count). The molecule has 2 aromatic rings. The van der Waals surface area contributed by atoms with Gasteiger partial charge in [0.25, 0.3) is 0 Å². The molecule has 1 unspecified atom stereocenters. The molecule has 1 aromatic carbocycles. The van der Waals surface area contributed by atoms with Crippen molar-refractivity contribution >= 4 is 11.3 Å². The third-order valence-electron chi connectivity index (χ3n) is 2.76. The molecule has 0 amide bonds. The van der Waals surface area contributed by atoms with Crippen molar-refractivity contribution in [2.45, 2.75) is 19.9 Å². The van der Waals surface area contributed by atoms with Crippen molar-refractivity contribution in [3.8, 4) is 0 Å². The van der Waals surface area contributed by atoms with E-state index in [1.54, 1.807) is 17.8 Å². The first-order chi connectivity index (χ1) is 8.65. The van der Waals surface area contributed by atoms with Crippen molar-refractivity contribution in [3.05, 3.63) is 51.5 Å². The van der Waals surface area contributed by atoms with Gasteiger partial charge in [0.15, 0.2) is 0 Å². The van der Waals surface area contributed by atoms with Gasteiger partial charge < -0.3 is 5.32 Å². The summed E-state index contributed by atoms with van der Waals surface area (Å²) in [4.78, 5) is 4.15. The molecule has 0 bridgehead atoms. The number of rotatable bonds is 4. The van der Waals surface area contributed by atoms with Gasteiger partial charge in [-0.3, -0.25) is 0 Å². The SMILES string of the molecule is CCNC(c1cscn1)c1c(F)ccc(C)c1F. The van der Waals surface area contributed by atoms with Crippen molar-refractivity contribution in [2.24, 2.45) is 0 Å². The van der Waals surface area contributed by atoms with E-state index in [0.29, 0.717) is 17.8 Å². The number of halogens is 2. The van der Waals surface area contributed by atoms with E-state index in [1.807, 2.05) is 6.92 Å². The Hall–Kier alpha value is -1.33. The lowest BCUT2D eigenvalue weighted by Gasteiger charge is -2.18. The Morgan fingerprint density at radius 1 is 1.39 bits per heavy atom. The van der Waals surface area contributed by atoms with Gasteiger partial charge in [0, 0.05) is 10.9 Å². The zero-order valence-corrected chi connectivity index (χ0v) is 11.0. The molecule has 0 saturated carbocycles. The first-order valence-electron chi connectivity index (χ1n) is 5.71. The highest BCUT2D eigenvalue weighted by molar-refractivity contribution is 7.07. The van der Waals surface area contributed by atoms with Crippen molar-refractivity contribution in [1.29, 1.82) is 0 Å². The fourth-order valence-electron chi connectivity index (χ4n) is 1.87. The molecule has 5 heteroatoms. The highest BCUT2D eigenvalue weighted by Gasteiger charge is 2.23. The van der Waals surface area contributed by atoms with Gasteiger partial charge in [-0.2, -0.15) is 0 Å². The second kappa shape index (κ2) is 5.54. The second-order valence-corrected chi connectivity index (χ2v) is 4.71. The summed E-state index contributed by atoms with van der Waals surface area (Å²) < 4.78 is 28.0. The van der Waals surface area contributed by atoms with Gasteiger partial charge in [0.1, 0.15) is 11.6 Å². The van der Waals surface area contributed by atoms with Crippen LogP contribution in [0.15, 0.2) is 23.0 Å². The quantitative estimate of drug-likeness (QED) is 0.919. The number of aryl methyl sites for hydroxylation is 1. The molecule has 1 aromatic heterocycles. The van der Waals surface area contributed by atoms with Gasteiger partial charge in [-0.1, -0.05) is 13.0 Å². The number of nitrogens with zero attached hydrogens (tertiary/aromatic N) is 1. The van der Waals surface area contributed by atoms with E-state index < -0.39 is 17.7 Å². The van der Waals surface area contributed by atoms with Gasteiger partial charge in [-0.05, 0) is 25.1 Å². The van der Waals surface area contributed by atoms with Crippen LogP contribution in [-0.2, 0) is 0 Å². The van der Waals surface area contributed by atoms with Crippen LogP contribution in [0.3, 0.4) is 0 Å². The number of thiazole rings is 1. The van der Waals surface area contributed by atoms with Crippen molar-refractivity contribution in [3.63, 3.8) is 0 Å². The molecule has 0 fully saturated rings. The Balaban J connectivity index is 2.52. The summed E-state index contributed by atoms with van der Waals surface area (Å²) in [6.45, 7) is 4.13. The predicted octanol–water partition coefficient (Wildman–Crippen LogP) is 3.43. The number of nitrogens with one attached hydrogen (secondary N) is 1. The normalized spacial score (nSPS) is 12.7. The molecule has 0 aliphatic carbocycles. The minimum atomic E-state index is -0.544. The number of aromatic nitrogens is 1. The first-order valence-corrected chi connectivity index (χ1v) is 6.65. The van der Waals surface area contributed by atoms with E-state index in [9.17, 15) is 8.78 Å². The number of hydrogen-bond acceptors (Lipinski definition) is 3. The fourth-order valence-corrected chi connectivity index (χ4v) is 2.45. The highest BCUT2D eigenvalue weighted by atomic mass is 32.1. The van der Waals surface area contributed by atoms with E-state index in [-0.39, 0.29) is 5.56 Å². The zero-order valence-electron chi connectivity index (χ0n) is 10.2. The van der Waals surface area contributed by atoms with E-state index in [0.717, 1.165) is 0 Å². The Morgan fingerprint density at radius 3 is 2.78 bits per heavy atom. The summed E-state index contributed by atoms with van der Waals surface area (Å²) in [6.07, 6.45) is 0. The molecule has 1 atom stereocenters. The molecular weight excluding hydrogens is 254 g/mol. The van der Waals surface area contributed by atoms with Gasteiger partial charge >= 0.3 is 0 Å². The lowest BCUT2D eigenvalue weighted by Crippen LogP contribution is -2.24. The van der Waals surface area contributed by atoms with Gasteiger partial charge in [-0.25, -0.2) is 13.8 Å². The molecular formula is C13H14F2N2S.